The molecule has 0 atom stereocenters. The van der Waals surface area contributed by atoms with Crippen LogP contribution in [0.15, 0.2) is 48.5 Å². The number of nitrogens with one attached hydrogen (secondary N) is 2. The van der Waals surface area contributed by atoms with Crippen molar-refractivity contribution in [2.45, 2.75) is 26.9 Å². The quantitative estimate of drug-likeness (QED) is 0.663. The summed E-state index contributed by atoms with van der Waals surface area (Å²) in [5.74, 6) is 2.24. The topological polar surface area (TPSA) is 68.8 Å². The first kappa shape index (κ1) is 19.4. The average Bonchev–Trinajstić information content (AvgIpc) is 2.61. The highest BCUT2D eigenvalue weighted by Gasteiger charge is 2.03. The molecule has 0 radical (unpaired) electrons. The second-order valence-electron chi connectivity index (χ2n) is 5.83. The molecule has 0 aliphatic rings. The zero-order valence-corrected chi connectivity index (χ0v) is 15.5. The van der Waals surface area contributed by atoms with Crippen molar-refractivity contribution < 1.29 is 19.0 Å². The lowest BCUT2D eigenvalue weighted by Crippen LogP contribution is -2.32. The lowest BCUT2D eigenvalue weighted by Gasteiger charge is -2.12. The minimum Gasteiger partial charge on any atom is -0.494 e. The van der Waals surface area contributed by atoms with Gasteiger partial charge < -0.3 is 24.8 Å². The van der Waals surface area contributed by atoms with Gasteiger partial charge in [0, 0.05) is 11.8 Å². The van der Waals surface area contributed by atoms with Gasteiger partial charge in [0.05, 0.1) is 19.3 Å². The number of hydrogen-bond donors (Lipinski definition) is 2. The van der Waals surface area contributed by atoms with Crippen molar-refractivity contribution >= 4 is 11.7 Å². The van der Waals surface area contributed by atoms with Gasteiger partial charge in [-0.3, -0.25) is 0 Å². The molecule has 2 aromatic rings. The van der Waals surface area contributed by atoms with E-state index < -0.39 is 0 Å². The molecule has 6 heteroatoms. The molecule has 6 nitrogen and oxygen atoms in total. The van der Waals surface area contributed by atoms with Crippen LogP contribution in [0.2, 0.25) is 0 Å². The van der Waals surface area contributed by atoms with E-state index in [2.05, 4.69) is 10.6 Å². The predicted molar refractivity (Wildman–Crippen MR) is 102 cm³/mol. The van der Waals surface area contributed by atoms with E-state index in [-0.39, 0.29) is 12.1 Å². The van der Waals surface area contributed by atoms with Gasteiger partial charge in [-0.1, -0.05) is 6.07 Å². The molecule has 0 heterocycles. The number of ether oxygens (including phenoxy) is 3. The van der Waals surface area contributed by atoms with Crippen LogP contribution in [0.1, 0.15) is 20.8 Å². The van der Waals surface area contributed by atoms with Crippen LogP contribution in [0, 0.1) is 0 Å². The summed E-state index contributed by atoms with van der Waals surface area (Å²) in [6.45, 7) is 7.23. The fourth-order valence-electron chi connectivity index (χ4n) is 2.22. The van der Waals surface area contributed by atoms with E-state index in [4.69, 9.17) is 14.2 Å². The van der Waals surface area contributed by atoms with Crippen LogP contribution in [0.25, 0.3) is 0 Å². The summed E-state index contributed by atoms with van der Waals surface area (Å²) in [4.78, 5) is 11.9. The first-order chi connectivity index (χ1) is 12.6. The van der Waals surface area contributed by atoms with Crippen LogP contribution in [-0.2, 0) is 0 Å². The summed E-state index contributed by atoms with van der Waals surface area (Å²) in [7, 11) is 0. The van der Waals surface area contributed by atoms with Crippen molar-refractivity contribution in [3.05, 3.63) is 48.5 Å². The number of carbonyl (C=O) groups is 1. The van der Waals surface area contributed by atoms with Crippen molar-refractivity contribution in [1.29, 1.82) is 0 Å². The van der Waals surface area contributed by atoms with Gasteiger partial charge >= 0.3 is 6.03 Å². The van der Waals surface area contributed by atoms with E-state index in [0.717, 1.165) is 11.5 Å². The first-order valence-electron chi connectivity index (χ1n) is 8.74. The van der Waals surface area contributed by atoms with Gasteiger partial charge in [0.15, 0.2) is 0 Å². The van der Waals surface area contributed by atoms with E-state index in [0.29, 0.717) is 31.2 Å². The molecule has 26 heavy (non-hydrogen) atoms. The monoisotopic (exact) mass is 358 g/mol. The Balaban J connectivity index is 1.69. The number of benzene rings is 2. The van der Waals surface area contributed by atoms with Gasteiger partial charge in [0.25, 0.3) is 0 Å². The Morgan fingerprint density at radius 1 is 1.00 bits per heavy atom. The van der Waals surface area contributed by atoms with Crippen molar-refractivity contribution in [2.75, 3.05) is 25.1 Å². The molecule has 0 aromatic heterocycles. The van der Waals surface area contributed by atoms with E-state index in [1.165, 1.54) is 0 Å². The number of hydrogen-bond acceptors (Lipinski definition) is 4. The van der Waals surface area contributed by atoms with Crippen LogP contribution in [0.5, 0.6) is 17.2 Å². The summed E-state index contributed by atoms with van der Waals surface area (Å²) in [6.07, 6.45) is 0.117. The summed E-state index contributed by atoms with van der Waals surface area (Å²) in [5, 5.41) is 5.52. The van der Waals surface area contributed by atoms with E-state index in [1.807, 2.05) is 57.2 Å². The summed E-state index contributed by atoms with van der Waals surface area (Å²) < 4.78 is 16.6. The lowest BCUT2D eigenvalue weighted by molar-refractivity contribution is 0.242. The second kappa shape index (κ2) is 10.2. The standard InChI is InChI=1S/C20H26N2O4/c1-4-24-18-6-5-7-19(14-18)25-13-12-21-20(23)22-16-8-10-17(11-9-16)26-15(2)3/h5-11,14-15H,4,12-13H2,1-3H3,(H2,21,22,23). The molecule has 0 bridgehead atoms. The molecule has 0 aliphatic heterocycles. The van der Waals surface area contributed by atoms with Crippen LogP contribution in [0.3, 0.4) is 0 Å². The van der Waals surface area contributed by atoms with Crippen molar-refractivity contribution in [1.82, 2.24) is 5.32 Å². The van der Waals surface area contributed by atoms with Crippen LogP contribution in [-0.4, -0.2) is 31.9 Å². The zero-order valence-electron chi connectivity index (χ0n) is 15.5. The van der Waals surface area contributed by atoms with Gasteiger partial charge in [-0.25, -0.2) is 4.79 Å². The highest BCUT2D eigenvalue weighted by atomic mass is 16.5. The van der Waals surface area contributed by atoms with Crippen LogP contribution < -0.4 is 24.8 Å². The summed E-state index contributed by atoms with van der Waals surface area (Å²) >= 11 is 0. The van der Waals surface area contributed by atoms with E-state index in [1.54, 1.807) is 12.1 Å². The van der Waals surface area contributed by atoms with E-state index >= 15 is 0 Å². The molecule has 0 spiro atoms. The Morgan fingerprint density at radius 3 is 2.35 bits per heavy atom. The molecule has 0 unspecified atom stereocenters. The third-order valence-electron chi connectivity index (χ3n) is 3.26. The molecule has 0 saturated heterocycles. The molecular formula is C20H26N2O4. The number of urea groups is 1. The molecule has 2 amide bonds. The molecule has 2 N–H and O–H groups in total. The molecule has 0 aliphatic carbocycles. The van der Waals surface area contributed by atoms with Gasteiger partial charge in [0.1, 0.15) is 23.9 Å². The Hall–Kier alpha value is -2.89. The molecule has 2 rings (SSSR count). The minimum atomic E-state index is -0.283. The highest BCUT2D eigenvalue weighted by Crippen LogP contribution is 2.19. The predicted octanol–water partition coefficient (Wildman–Crippen LogP) is 4.07. The maximum Gasteiger partial charge on any atom is 0.319 e. The fourth-order valence-corrected chi connectivity index (χ4v) is 2.22. The Bertz CT molecular complexity index is 686. The molecule has 140 valence electrons. The van der Waals surface area contributed by atoms with Crippen LogP contribution >= 0.6 is 0 Å². The Morgan fingerprint density at radius 2 is 1.69 bits per heavy atom. The van der Waals surface area contributed by atoms with Gasteiger partial charge in [0.2, 0.25) is 0 Å². The summed E-state index contributed by atoms with van der Waals surface area (Å²) in [5.41, 5.74) is 0.698. The number of anilines is 1. The van der Waals surface area contributed by atoms with Crippen molar-refractivity contribution in [3.63, 3.8) is 0 Å². The minimum absolute atomic E-state index is 0.117. The number of carbonyl (C=O) groups excluding carboxylic acids is 1. The maximum atomic E-state index is 11.9. The Labute approximate surface area is 154 Å². The van der Waals surface area contributed by atoms with E-state index in [9.17, 15) is 4.79 Å². The zero-order chi connectivity index (χ0) is 18.8. The third-order valence-corrected chi connectivity index (χ3v) is 3.26. The maximum absolute atomic E-state index is 11.9. The Kier molecular flexibility index (Phi) is 7.61. The lowest BCUT2D eigenvalue weighted by atomic mass is 10.3. The molecule has 0 fully saturated rings. The first-order valence-corrected chi connectivity index (χ1v) is 8.74. The second-order valence-corrected chi connectivity index (χ2v) is 5.83. The summed E-state index contributed by atoms with van der Waals surface area (Å²) in [6, 6.07) is 14.4. The van der Waals surface area contributed by atoms with Gasteiger partial charge in [-0.05, 0) is 57.2 Å². The largest absolute Gasteiger partial charge is 0.494 e. The van der Waals surface area contributed by atoms with Crippen molar-refractivity contribution in [2.24, 2.45) is 0 Å². The van der Waals surface area contributed by atoms with Gasteiger partial charge in [-0.15, -0.1) is 0 Å². The van der Waals surface area contributed by atoms with Crippen molar-refractivity contribution in [3.8, 4) is 17.2 Å². The average molecular weight is 358 g/mol. The highest BCUT2D eigenvalue weighted by molar-refractivity contribution is 5.89. The molecule has 2 aromatic carbocycles. The molecular weight excluding hydrogens is 332 g/mol. The molecule has 0 saturated carbocycles. The normalized spacial score (nSPS) is 10.3. The van der Waals surface area contributed by atoms with Crippen LogP contribution in [0.4, 0.5) is 10.5 Å². The fraction of sp³-hybridized carbons (Fsp3) is 0.350. The third kappa shape index (κ3) is 6.93. The number of amides is 2. The number of rotatable bonds is 9. The SMILES string of the molecule is CCOc1cccc(OCCNC(=O)Nc2ccc(OC(C)C)cc2)c1. The smallest absolute Gasteiger partial charge is 0.319 e. The van der Waals surface area contributed by atoms with Gasteiger partial charge in [-0.2, -0.15) is 0 Å².